The predicted octanol–water partition coefficient (Wildman–Crippen LogP) is 5.01. The summed E-state index contributed by atoms with van der Waals surface area (Å²) in [5.41, 5.74) is 2.85. The average Bonchev–Trinajstić information content (AvgIpc) is 2.89. The zero-order valence-corrected chi connectivity index (χ0v) is 21.8. The Balaban J connectivity index is 1.38. The number of piperidine rings is 1. The molecule has 5 nitrogen and oxygen atoms in total. The summed E-state index contributed by atoms with van der Waals surface area (Å²) in [5.74, 6) is 3.37. The van der Waals surface area contributed by atoms with Crippen molar-refractivity contribution in [3.05, 3.63) is 70.8 Å². The lowest BCUT2D eigenvalue weighted by Gasteiger charge is -2.52. The number of allylic oxidation sites excluding steroid dienone is 1. The van der Waals surface area contributed by atoms with E-state index in [0.29, 0.717) is 44.3 Å². The fourth-order valence-electron chi connectivity index (χ4n) is 6.69. The van der Waals surface area contributed by atoms with Crippen molar-refractivity contribution in [2.24, 2.45) is 5.92 Å². The summed E-state index contributed by atoms with van der Waals surface area (Å²) in [6, 6.07) is 13.4. The topological polar surface area (TPSA) is 81.0 Å². The second kappa shape index (κ2) is 10.5. The van der Waals surface area contributed by atoms with Gasteiger partial charge in [-0.15, -0.1) is 0 Å². The van der Waals surface area contributed by atoms with Gasteiger partial charge in [0, 0.05) is 29.4 Å². The number of aryl methyl sites for hydroxylation is 1. The number of phenols is 1. The van der Waals surface area contributed by atoms with Gasteiger partial charge in [0.1, 0.15) is 11.4 Å². The second-order valence-electron chi connectivity index (χ2n) is 10.9. The van der Waals surface area contributed by atoms with Crippen molar-refractivity contribution in [3.63, 3.8) is 0 Å². The van der Waals surface area contributed by atoms with E-state index in [1.165, 1.54) is 11.1 Å². The number of rotatable bonds is 4. The van der Waals surface area contributed by atoms with Gasteiger partial charge in [0.15, 0.2) is 0 Å². The number of aliphatic hydroxyl groups is 2. The zero-order valence-electron chi connectivity index (χ0n) is 21.0. The van der Waals surface area contributed by atoms with E-state index in [9.17, 15) is 20.1 Å². The van der Waals surface area contributed by atoms with Crippen LogP contribution in [0, 0.1) is 17.2 Å². The molecule has 3 aliphatic rings. The Kier molecular flexibility index (Phi) is 7.36. The van der Waals surface area contributed by atoms with E-state index in [2.05, 4.69) is 29.5 Å². The van der Waals surface area contributed by atoms with Crippen LogP contribution in [-0.2, 0) is 11.8 Å². The summed E-state index contributed by atoms with van der Waals surface area (Å²) in [6.45, 7) is 1.17. The van der Waals surface area contributed by atoms with Crippen LogP contribution in [0.5, 0.6) is 5.75 Å². The number of amides is 1. The first-order valence-electron chi connectivity index (χ1n) is 13.2. The molecule has 1 amide bonds. The van der Waals surface area contributed by atoms with Crippen molar-refractivity contribution < 1.29 is 20.1 Å². The molecule has 2 aromatic carbocycles. The molecule has 2 fully saturated rings. The van der Waals surface area contributed by atoms with Gasteiger partial charge in [0.25, 0.3) is 5.91 Å². The maximum atomic E-state index is 13.0. The van der Waals surface area contributed by atoms with Crippen molar-refractivity contribution >= 4 is 23.6 Å². The molecule has 0 spiro atoms. The van der Waals surface area contributed by atoms with E-state index in [1.54, 1.807) is 6.07 Å². The number of hydrogen-bond acceptors (Lipinski definition) is 4. The lowest BCUT2D eigenvalue weighted by molar-refractivity contribution is -0.00710. The first-order chi connectivity index (χ1) is 17.8. The van der Waals surface area contributed by atoms with Gasteiger partial charge in [-0.1, -0.05) is 36.3 Å². The van der Waals surface area contributed by atoms with Crippen LogP contribution in [0.3, 0.4) is 0 Å². The number of nitrogens with zero attached hydrogens (tertiary/aromatic N) is 1. The largest absolute Gasteiger partial charge is 0.508 e. The Morgan fingerprint density at radius 3 is 2.73 bits per heavy atom. The number of likely N-dealkylation sites (tertiary alicyclic amines) is 1. The number of halogens is 1. The summed E-state index contributed by atoms with van der Waals surface area (Å²) >= 11 is 5.68. The van der Waals surface area contributed by atoms with Gasteiger partial charge in [0.2, 0.25) is 0 Å². The Labute approximate surface area is 223 Å². The summed E-state index contributed by atoms with van der Waals surface area (Å²) < 4.78 is 0. The predicted molar refractivity (Wildman–Crippen MR) is 145 cm³/mol. The van der Waals surface area contributed by atoms with E-state index in [-0.39, 0.29) is 29.1 Å². The van der Waals surface area contributed by atoms with Crippen molar-refractivity contribution in [1.82, 2.24) is 4.90 Å². The quantitative estimate of drug-likeness (QED) is 0.496. The molecule has 0 radical (unpaired) electrons. The molecule has 3 N–H and O–H groups in total. The summed E-state index contributed by atoms with van der Waals surface area (Å²) in [5, 5.41) is 33.3. The summed E-state index contributed by atoms with van der Waals surface area (Å²) in [7, 11) is 0. The molecule has 37 heavy (non-hydrogen) atoms. The highest BCUT2D eigenvalue weighted by atomic mass is 35.5. The molecular formula is C31H34ClNO4. The minimum Gasteiger partial charge on any atom is -0.508 e. The Hall–Kier alpha value is -2.78. The van der Waals surface area contributed by atoms with E-state index in [4.69, 9.17) is 11.6 Å². The first kappa shape index (κ1) is 25.9. The molecule has 0 aromatic heterocycles. The van der Waals surface area contributed by atoms with Gasteiger partial charge in [-0.05, 0) is 110 Å². The first-order valence-corrected chi connectivity index (χ1v) is 13.6. The van der Waals surface area contributed by atoms with Gasteiger partial charge in [-0.3, -0.25) is 4.79 Å². The lowest BCUT2D eigenvalue weighted by atomic mass is 9.53. The maximum Gasteiger partial charge on any atom is 0.253 e. The van der Waals surface area contributed by atoms with Crippen LogP contribution in [-0.4, -0.2) is 50.9 Å². The number of hydrogen-bond donors (Lipinski definition) is 3. The summed E-state index contributed by atoms with van der Waals surface area (Å²) in [4.78, 5) is 14.8. The molecule has 3 atom stereocenters. The maximum absolute atomic E-state index is 13.0. The van der Waals surface area contributed by atoms with Crippen LogP contribution in [0.25, 0.3) is 6.08 Å². The fourth-order valence-corrected chi connectivity index (χ4v) is 6.86. The van der Waals surface area contributed by atoms with Gasteiger partial charge >= 0.3 is 0 Å². The highest BCUT2D eigenvalue weighted by molar-refractivity contribution is 6.30. The van der Waals surface area contributed by atoms with E-state index < -0.39 is 5.60 Å². The number of aliphatic hydroxyl groups excluding tert-OH is 1. The highest BCUT2D eigenvalue weighted by Crippen LogP contribution is 2.55. The molecule has 1 saturated carbocycles. The van der Waals surface area contributed by atoms with Crippen LogP contribution in [0.4, 0.5) is 0 Å². The zero-order chi connectivity index (χ0) is 26.0. The smallest absolute Gasteiger partial charge is 0.253 e. The molecule has 0 bridgehead atoms. The Bertz CT molecular complexity index is 1260. The molecule has 2 aromatic rings. The number of carbonyl (C=O) groups excluding carboxylic acids is 1. The molecule has 1 heterocycles. The third kappa shape index (κ3) is 5.29. The second-order valence-corrected chi connectivity index (χ2v) is 11.1. The standard InChI is InChI=1S/C31H34ClNO4/c32-16-15-30(37)13-14-31(25(21-30)7-6-23-20-27(35)8-9-28(23)31)12-2-4-22-3-1-5-24(19-22)29(36)33-17-10-26(34)11-18-33/h1-5,8-9,19-20,25-26,34-35,37H,6-7,10-14,17-18,21H2. The van der Waals surface area contributed by atoms with Crippen molar-refractivity contribution in [2.75, 3.05) is 13.1 Å². The van der Waals surface area contributed by atoms with Gasteiger partial charge < -0.3 is 20.2 Å². The molecular weight excluding hydrogens is 486 g/mol. The third-order valence-corrected chi connectivity index (χ3v) is 8.79. The monoisotopic (exact) mass is 519 g/mol. The van der Waals surface area contributed by atoms with Crippen LogP contribution in [0.1, 0.15) is 72.0 Å². The average molecular weight is 520 g/mol. The summed E-state index contributed by atoms with van der Waals surface area (Å²) in [6.07, 6.45) is 9.69. The highest BCUT2D eigenvalue weighted by Gasteiger charge is 2.50. The van der Waals surface area contributed by atoms with Crippen molar-refractivity contribution in [3.8, 4) is 17.0 Å². The lowest BCUT2D eigenvalue weighted by Crippen LogP contribution is -2.49. The molecule has 6 heteroatoms. The van der Waals surface area contributed by atoms with Gasteiger partial charge in [0.05, 0.1) is 6.10 Å². The van der Waals surface area contributed by atoms with Crippen LogP contribution in [0.15, 0.2) is 48.5 Å². The number of aromatic hydroxyl groups is 1. The number of fused-ring (bicyclic) bond motifs is 3. The normalized spacial score (nSPS) is 27.8. The Morgan fingerprint density at radius 2 is 1.95 bits per heavy atom. The molecule has 2 aliphatic carbocycles. The molecule has 194 valence electrons. The molecule has 1 aliphatic heterocycles. The van der Waals surface area contributed by atoms with Crippen molar-refractivity contribution in [2.45, 2.75) is 68.5 Å². The van der Waals surface area contributed by atoms with Crippen molar-refractivity contribution in [1.29, 1.82) is 0 Å². The molecule has 5 rings (SSSR count). The van der Waals surface area contributed by atoms with E-state index >= 15 is 0 Å². The van der Waals surface area contributed by atoms with E-state index in [1.807, 2.05) is 35.2 Å². The molecule has 3 unspecified atom stereocenters. The number of benzene rings is 2. The minimum atomic E-state index is -1.06. The van der Waals surface area contributed by atoms with Gasteiger partial charge in [-0.2, -0.15) is 0 Å². The van der Waals surface area contributed by atoms with E-state index in [0.717, 1.165) is 31.2 Å². The Morgan fingerprint density at radius 1 is 1.14 bits per heavy atom. The fraction of sp³-hybridized carbons (Fsp3) is 0.452. The van der Waals surface area contributed by atoms with Crippen LogP contribution in [0.2, 0.25) is 0 Å². The van der Waals surface area contributed by atoms with Crippen LogP contribution >= 0.6 is 11.6 Å². The third-order valence-electron chi connectivity index (χ3n) is 8.70. The minimum absolute atomic E-state index is 0.00814. The van der Waals surface area contributed by atoms with Gasteiger partial charge in [-0.25, -0.2) is 0 Å². The molecule has 1 saturated heterocycles. The number of carbonyl (C=O) groups is 1. The SMILES string of the molecule is O=C(c1cccc(C=CCC23CCC(O)(C#CCl)CC2CCc2cc(O)ccc23)c1)N1CCC(O)CC1. The number of phenolic OH excluding ortho intramolecular Hbond substituents is 1. The van der Waals surface area contributed by atoms with Crippen LogP contribution < -0.4 is 0 Å².